The van der Waals surface area contributed by atoms with Gasteiger partial charge < -0.3 is 4.40 Å². The van der Waals surface area contributed by atoms with Gasteiger partial charge in [-0.05, 0) is 23.6 Å². The Morgan fingerprint density at radius 1 is 0.700 bits per heavy atom. The lowest BCUT2D eigenvalue weighted by atomic mass is 9.83. The first kappa shape index (κ1) is 16.9. The summed E-state index contributed by atoms with van der Waals surface area (Å²) in [5, 5.41) is 1.84. The maximum Gasteiger partial charge on any atom is 0.196 e. The van der Waals surface area contributed by atoms with Crippen molar-refractivity contribution in [1.29, 1.82) is 0 Å². The number of fused-ring (bicyclic) bond motifs is 6. The van der Waals surface area contributed by atoms with Crippen LogP contribution in [0.25, 0.3) is 27.5 Å². The van der Waals surface area contributed by atoms with Gasteiger partial charge in [0.15, 0.2) is 11.6 Å². The normalized spacial score (nSPS) is 13.0. The molecule has 0 atom stereocenters. The molecule has 0 spiro atoms. The highest BCUT2D eigenvalue weighted by Gasteiger charge is 2.36. The molecule has 3 aromatic carbocycles. The predicted molar refractivity (Wildman–Crippen MR) is 114 cm³/mol. The van der Waals surface area contributed by atoms with Crippen molar-refractivity contribution >= 4 is 27.9 Å². The molecule has 2 aromatic heterocycles. The van der Waals surface area contributed by atoms with Crippen LogP contribution in [-0.4, -0.2) is 16.0 Å². The highest BCUT2D eigenvalue weighted by Crippen LogP contribution is 2.41. The van der Waals surface area contributed by atoms with E-state index in [4.69, 9.17) is 0 Å². The van der Waals surface area contributed by atoms with Gasteiger partial charge in [0.25, 0.3) is 0 Å². The zero-order valence-electron chi connectivity index (χ0n) is 15.7. The van der Waals surface area contributed by atoms with E-state index in [1.165, 1.54) is 12.1 Å². The molecule has 30 heavy (non-hydrogen) atoms. The van der Waals surface area contributed by atoms with Crippen LogP contribution in [0.4, 0.5) is 4.39 Å². The third-order valence-electron chi connectivity index (χ3n) is 5.79. The quantitative estimate of drug-likeness (QED) is 0.362. The number of halogens is 1. The number of pyridine rings is 1. The number of aromatic nitrogens is 1. The highest BCUT2D eigenvalue weighted by molar-refractivity contribution is 6.34. The predicted octanol–water partition coefficient (Wildman–Crippen LogP) is 5.67. The second kappa shape index (κ2) is 5.97. The van der Waals surface area contributed by atoms with E-state index in [0.717, 1.165) is 10.8 Å². The summed E-state index contributed by atoms with van der Waals surface area (Å²) in [6, 6.07) is 22.7. The monoisotopic (exact) mass is 391 g/mol. The van der Waals surface area contributed by atoms with Crippen LogP contribution in [0, 0.1) is 5.82 Å². The van der Waals surface area contributed by atoms with Crippen LogP contribution in [0.15, 0.2) is 85.1 Å². The first-order valence-corrected chi connectivity index (χ1v) is 9.65. The van der Waals surface area contributed by atoms with Crippen molar-refractivity contribution in [2.24, 2.45) is 0 Å². The Hall–Kier alpha value is -4.05. The number of hydrogen-bond acceptors (Lipinski definition) is 2. The summed E-state index contributed by atoms with van der Waals surface area (Å²) in [6.45, 7) is 0. The average Bonchev–Trinajstić information content (AvgIpc) is 3.14. The molecular formula is C26H14FNO2. The maximum atomic E-state index is 14.1. The number of ketones is 2. The molecule has 0 amide bonds. The van der Waals surface area contributed by atoms with Gasteiger partial charge in [-0.3, -0.25) is 9.59 Å². The standard InChI is InChI=1S/C26H14FNO2/c27-17-8-5-7-16(14-17)23-21-22(26(30)20-11-4-3-10-19(20)25(21)29)24-18-9-2-1-6-15(18)12-13-28(23)24/h1-14H. The summed E-state index contributed by atoms with van der Waals surface area (Å²) < 4.78 is 15.9. The van der Waals surface area contributed by atoms with Crippen LogP contribution in [-0.2, 0) is 0 Å². The Morgan fingerprint density at radius 3 is 2.17 bits per heavy atom. The number of rotatable bonds is 1. The molecule has 0 saturated carbocycles. The molecule has 0 saturated heterocycles. The van der Waals surface area contributed by atoms with Gasteiger partial charge in [-0.25, -0.2) is 4.39 Å². The van der Waals surface area contributed by atoms with Crippen LogP contribution in [0.2, 0.25) is 0 Å². The van der Waals surface area contributed by atoms with Crippen molar-refractivity contribution in [3.8, 4) is 11.3 Å². The van der Waals surface area contributed by atoms with E-state index in [1.54, 1.807) is 36.4 Å². The number of hydrogen-bond donors (Lipinski definition) is 0. The van der Waals surface area contributed by atoms with E-state index >= 15 is 0 Å². The van der Waals surface area contributed by atoms with Gasteiger partial charge in [-0.15, -0.1) is 0 Å². The summed E-state index contributed by atoms with van der Waals surface area (Å²) in [5.41, 5.74) is 3.28. The maximum absolute atomic E-state index is 14.1. The number of carbonyl (C=O) groups excluding carboxylic acids is 2. The van der Waals surface area contributed by atoms with Gasteiger partial charge in [-0.1, -0.05) is 60.7 Å². The summed E-state index contributed by atoms with van der Waals surface area (Å²) in [4.78, 5) is 27.2. The molecular weight excluding hydrogens is 377 g/mol. The fourth-order valence-electron chi connectivity index (χ4n) is 4.53. The smallest absolute Gasteiger partial charge is 0.196 e. The molecule has 0 aliphatic heterocycles. The fraction of sp³-hybridized carbons (Fsp3) is 0. The minimum atomic E-state index is -0.396. The van der Waals surface area contributed by atoms with Crippen LogP contribution < -0.4 is 0 Å². The Labute approximate surface area is 171 Å². The van der Waals surface area contributed by atoms with Crippen LogP contribution in [0.3, 0.4) is 0 Å². The zero-order valence-corrected chi connectivity index (χ0v) is 15.7. The molecule has 0 N–H and O–H groups in total. The lowest BCUT2D eigenvalue weighted by molar-refractivity contribution is 0.0981. The van der Waals surface area contributed by atoms with E-state index in [9.17, 15) is 14.0 Å². The lowest BCUT2D eigenvalue weighted by Crippen LogP contribution is -2.19. The minimum absolute atomic E-state index is 0.184. The molecule has 142 valence electrons. The molecule has 6 rings (SSSR count). The van der Waals surface area contributed by atoms with Crippen molar-refractivity contribution in [2.45, 2.75) is 0 Å². The Bertz CT molecular complexity index is 1540. The van der Waals surface area contributed by atoms with Gasteiger partial charge in [-0.2, -0.15) is 0 Å². The van der Waals surface area contributed by atoms with E-state index in [2.05, 4.69) is 0 Å². The molecule has 5 aromatic rings. The molecule has 4 heteroatoms. The van der Waals surface area contributed by atoms with Crippen LogP contribution in [0.5, 0.6) is 0 Å². The topological polar surface area (TPSA) is 38.5 Å². The first-order chi connectivity index (χ1) is 14.6. The van der Waals surface area contributed by atoms with E-state index in [1.807, 2.05) is 40.9 Å². The molecule has 1 aliphatic carbocycles. The molecule has 0 radical (unpaired) electrons. The SMILES string of the molecule is O=C1c2ccccc2C(=O)c2c1c(-c1cccc(F)c1)n1ccc3ccccc3c21. The molecule has 3 nitrogen and oxygen atoms in total. The summed E-state index contributed by atoms with van der Waals surface area (Å²) in [5.74, 6) is -0.795. The van der Waals surface area contributed by atoms with Crippen molar-refractivity contribution in [3.63, 3.8) is 0 Å². The first-order valence-electron chi connectivity index (χ1n) is 9.65. The zero-order chi connectivity index (χ0) is 20.4. The van der Waals surface area contributed by atoms with E-state index in [0.29, 0.717) is 39.0 Å². The van der Waals surface area contributed by atoms with Crippen molar-refractivity contribution in [1.82, 2.24) is 4.40 Å². The van der Waals surface area contributed by atoms with Gasteiger partial charge in [0.05, 0.1) is 22.3 Å². The summed E-state index contributed by atoms with van der Waals surface area (Å²) in [7, 11) is 0. The van der Waals surface area contributed by atoms with Crippen molar-refractivity contribution in [3.05, 3.63) is 113 Å². The Kier molecular flexibility index (Phi) is 3.36. The third-order valence-corrected chi connectivity index (χ3v) is 5.79. The van der Waals surface area contributed by atoms with Gasteiger partial charge in [0, 0.05) is 28.3 Å². The second-order valence-corrected chi connectivity index (χ2v) is 7.43. The van der Waals surface area contributed by atoms with Crippen LogP contribution >= 0.6 is 0 Å². The Balaban J connectivity index is 1.85. The molecule has 2 heterocycles. The van der Waals surface area contributed by atoms with Crippen LogP contribution in [0.1, 0.15) is 31.8 Å². The molecule has 0 unspecified atom stereocenters. The number of nitrogens with zero attached hydrogens (tertiary/aromatic N) is 1. The van der Waals surface area contributed by atoms with E-state index < -0.39 is 5.82 Å². The number of carbonyl (C=O) groups is 2. The van der Waals surface area contributed by atoms with Crippen molar-refractivity contribution < 1.29 is 14.0 Å². The number of benzene rings is 3. The van der Waals surface area contributed by atoms with Gasteiger partial charge >= 0.3 is 0 Å². The largest absolute Gasteiger partial charge is 0.314 e. The molecule has 0 fully saturated rings. The van der Waals surface area contributed by atoms with E-state index in [-0.39, 0.29) is 11.6 Å². The lowest BCUT2D eigenvalue weighted by Gasteiger charge is -2.15. The van der Waals surface area contributed by atoms with Gasteiger partial charge in [0.2, 0.25) is 0 Å². The highest BCUT2D eigenvalue weighted by atomic mass is 19.1. The summed E-state index contributed by atoms with van der Waals surface area (Å²) >= 11 is 0. The molecule has 0 bridgehead atoms. The molecule has 1 aliphatic rings. The average molecular weight is 391 g/mol. The van der Waals surface area contributed by atoms with Gasteiger partial charge in [0.1, 0.15) is 5.82 Å². The third kappa shape index (κ3) is 2.13. The minimum Gasteiger partial charge on any atom is -0.314 e. The van der Waals surface area contributed by atoms with Crippen molar-refractivity contribution in [2.75, 3.05) is 0 Å². The Morgan fingerprint density at radius 2 is 1.40 bits per heavy atom. The summed E-state index contributed by atoms with van der Waals surface area (Å²) in [6.07, 6.45) is 1.85. The fourth-order valence-corrected chi connectivity index (χ4v) is 4.53. The second-order valence-electron chi connectivity index (χ2n) is 7.43.